The SMILES string of the molecule is C=C1C2C(CCc3cc(C)c4c(oc5nc(C)ccc54)c3-c3cc(CC(C)(C)C)c(C)c[n+]31)c1ccccc1-c1cc(C(C)C)c([Si](C)(C)C)c[n+]12. The zero-order valence-corrected chi connectivity index (χ0v) is 34.2. The van der Waals surface area contributed by atoms with Crippen molar-refractivity contribution in [3.05, 3.63) is 113 Å². The van der Waals surface area contributed by atoms with Gasteiger partial charge in [-0.05, 0) is 104 Å². The Morgan fingerprint density at radius 1 is 0.942 bits per heavy atom. The van der Waals surface area contributed by atoms with E-state index in [1.807, 2.05) is 6.92 Å². The molecule has 0 amide bonds. The Morgan fingerprint density at radius 3 is 2.40 bits per heavy atom. The first-order valence-electron chi connectivity index (χ1n) is 19.3. The minimum atomic E-state index is -1.70. The van der Waals surface area contributed by atoms with Crippen molar-refractivity contribution in [1.29, 1.82) is 0 Å². The Morgan fingerprint density at radius 2 is 1.69 bits per heavy atom. The molecule has 0 bridgehead atoms. The summed E-state index contributed by atoms with van der Waals surface area (Å²) in [5, 5.41) is 3.80. The summed E-state index contributed by atoms with van der Waals surface area (Å²) in [6, 6.07) is 20.9. The summed E-state index contributed by atoms with van der Waals surface area (Å²) in [4.78, 5) is 4.88. The maximum atomic E-state index is 6.88. The van der Waals surface area contributed by atoms with Gasteiger partial charge in [0, 0.05) is 44.9 Å². The Balaban J connectivity index is 1.48. The molecule has 0 spiro atoms. The van der Waals surface area contributed by atoms with E-state index in [0.29, 0.717) is 11.6 Å². The van der Waals surface area contributed by atoms with E-state index in [4.69, 9.17) is 16.0 Å². The fourth-order valence-electron chi connectivity index (χ4n) is 9.27. The highest BCUT2D eigenvalue weighted by molar-refractivity contribution is 6.89. The molecular weight excluding hydrogens is 651 g/mol. The summed E-state index contributed by atoms with van der Waals surface area (Å²) in [5.41, 5.74) is 17.0. The highest BCUT2D eigenvalue weighted by Gasteiger charge is 2.48. The normalized spacial score (nSPS) is 17.3. The van der Waals surface area contributed by atoms with E-state index in [2.05, 4.69) is 144 Å². The Kier molecular flexibility index (Phi) is 8.07. The molecule has 0 radical (unpaired) electrons. The summed E-state index contributed by atoms with van der Waals surface area (Å²) >= 11 is 0. The fraction of sp³-hybridized carbons (Fsp3) is 0.383. The van der Waals surface area contributed by atoms with Crippen molar-refractivity contribution in [1.82, 2.24) is 4.98 Å². The second-order valence-corrected chi connectivity index (χ2v) is 23.4. The maximum Gasteiger partial charge on any atom is 0.249 e. The van der Waals surface area contributed by atoms with Crippen LogP contribution in [0.5, 0.6) is 0 Å². The van der Waals surface area contributed by atoms with Crippen LogP contribution in [0.1, 0.15) is 98.0 Å². The molecule has 4 aromatic heterocycles. The number of pyridine rings is 3. The quantitative estimate of drug-likeness (QED) is 0.136. The number of furan rings is 1. The van der Waals surface area contributed by atoms with Gasteiger partial charge in [-0.1, -0.05) is 78.5 Å². The van der Waals surface area contributed by atoms with Crippen molar-refractivity contribution >= 4 is 41.0 Å². The van der Waals surface area contributed by atoms with E-state index < -0.39 is 8.07 Å². The van der Waals surface area contributed by atoms with Crippen LogP contribution in [0.4, 0.5) is 0 Å². The van der Waals surface area contributed by atoms with Crippen molar-refractivity contribution in [3.63, 3.8) is 0 Å². The molecule has 0 aliphatic carbocycles. The van der Waals surface area contributed by atoms with Crippen LogP contribution in [0.3, 0.4) is 0 Å². The van der Waals surface area contributed by atoms with Crippen LogP contribution in [0.15, 0.2) is 78.0 Å². The van der Waals surface area contributed by atoms with Crippen molar-refractivity contribution in [3.8, 4) is 22.5 Å². The second kappa shape index (κ2) is 12.1. The van der Waals surface area contributed by atoms with Crippen LogP contribution >= 0.6 is 0 Å². The predicted molar refractivity (Wildman–Crippen MR) is 219 cm³/mol. The van der Waals surface area contributed by atoms with Crippen molar-refractivity contribution < 1.29 is 13.6 Å². The number of rotatable bonds is 3. The van der Waals surface area contributed by atoms with Gasteiger partial charge in [0.1, 0.15) is 0 Å². The van der Waals surface area contributed by atoms with Crippen molar-refractivity contribution in [2.45, 2.75) is 112 Å². The first-order chi connectivity index (χ1) is 24.5. The average molecular weight is 706 g/mol. The standard InChI is InChI=1S/C47H55N3OSi/c1-27(2)38-23-39-35-16-14-13-15-34(35)36-20-18-32-21-28(3)42-37-19-17-30(5)48-46(37)51-45(42)43(32)40-22-33(24-47(7,8)9)29(4)25-49(40)31(6)44(36)50(39)26-41(38)52(10,11)12/h13-17,19,21-23,25-27,36,44H,6,18,20,24H2,1-5,7-12H3/q+2. The van der Waals surface area contributed by atoms with Crippen LogP contribution in [0.2, 0.25) is 19.6 Å². The molecular formula is C47H55N3OSi+2. The first-order valence-corrected chi connectivity index (χ1v) is 22.8. The largest absolute Gasteiger partial charge is 0.437 e. The van der Waals surface area contributed by atoms with Crippen LogP contribution in [0.25, 0.3) is 50.3 Å². The molecule has 2 atom stereocenters. The third-order valence-corrected chi connectivity index (χ3v) is 13.7. The summed E-state index contributed by atoms with van der Waals surface area (Å²) in [5.74, 6) is 0.694. The molecule has 52 heavy (non-hydrogen) atoms. The molecule has 6 heterocycles. The van der Waals surface area contributed by atoms with E-state index in [-0.39, 0.29) is 17.4 Å². The zero-order valence-electron chi connectivity index (χ0n) is 33.2. The molecule has 0 N–H and O–H groups in total. The van der Waals surface area contributed by atoms with Gasteiger partial charge >= 0.3 is 0 Å². The van der Waals surface area contributed by atoms with Gasteiger partial charge in [-0.15, -0.1) is 0 Å². The molecule has 2 aliphatic rings. The van der Waals surface area contributed by atoms with Gasteiger partial charge in [0.15, 0.2) is 18.0 Å². The van der Waals surface area contributed by atoms with Crippen molar-refractivity contribution in [2.24, 2.45) is 5.41 Å². The third-order valence-electron chi connectivity index (χ3n) is 11.7. The van der Waals surface area contributed by atoms with Crippen LogP contribution in [-0.2, 0) is 12.8 Å². The summed E-state index contributed by atoms with van der Waals surface area (Å²) in [7, 11) is -1.70. The third kappa shape index (κ3) is 5.58. The van der Waals surface area contributed by atoms with Gasteiger partial charge in [-0.25, -0.2) is 4.98 Å². The van der Waals surface area contributed by atoms with Gasteiger partial charge in [0.2, 0.25) is 28.8 Å². The maximum absolute atomic E-state index is 6.88. The molecule has 8 rings (SSSR count). The molecule has 2 unspecified atom stereocenters. The van der Waals surface area contributed by atoms with Crippen LogP contribution in [0, 0.1) is 26.2 Å². The monoisotopic (exact) mass is 705 g/mol. The summed E-state index contributed by atoms with van der Waals surface area (Å²) in [6.07, 6.45) is 7.85. The molecule has 4 nitrogen and oxygen atoms in total. The predicted octanol–water partition coefficient (Wildman–Crippen LogP) is 10.8. The molecule has 6 aromatic rings. The molecule has 266 valence electrons. The lowest BCUT2D eigenvalue weighted by molar-refractivity contribution is -0.726. The number of aryl methyl sites for hydroxylation is 4. The molecule has 0 fully saturated rings. The van der Waals surface area contributed by atoms with Gasteiger partial charge in [-0.2, -0.15) is 9.13 Å². The highest BCUT2D eigenvalue weighted by Crippen LogP contribution is 2.47. The molecule has 0 saturated carbocycles. The summed E-state index contributed by atoms with van der Waals surface area (Å²) in [6.45, 7) is 30.8. The minimum absolute atomic E-state index is 0.0451. The molecule has 0 saturated heterocycles. The Bertz CT molecular complexity index is 2450. The van der Waals surface area contributed by atoms with E-state index in [0.717, 1.165) is 47.3 Å². The fourth-order valence-corrected chi connectivity index (χ4v) is 11.0. The lowest BCUT2D eigenvalue weighted by Crippen LogP contribution is -2.57. The van der Waals surface area contributed by atoms with E-state index in [1.54, 1.807) is 5.19 Å². The van der Waals surface area contributed by atoms with Gasteiger partial charge in [0.25, 0.3) is 0 Å². The lowest BCUT2D eigenvalue weighted by atomic mass is 9.78. The zero-order chi connectivity index (χ0) is 37.0. The number of benzene rings is 2. The Hall–Kier alpha value is -4.35. The number of hydrogen-bond donors (Lipinski definition) is 0. The van der Waals surface area contributed by atoms with Crippen molar-refractivity contribution in [2.75, 3.05) is 0 Å². The van der Waals surface area contributed by atoms with E-state index in [1.165, 1.54) is 55.6 Å². The minimum Gasteiger partial charge on any atom is -0.437 e. The number of fused-ring (bicyclic) bond motifs is 13. The first kappa shape index (κ1) is 34.7. The van der Waals surface area contributed by atoms with E-state index >= 15 is 0 Å². The van der Waals surface area contributed by atoms with Crippen LogP contribution < -0.4 is 14.3 Å². The number of allylic oxidation sites excluding steroid dienone is 1. The highest BCUT2D eigenvalue weighted by atomic mass is 28.3. The summed E-state index contributed by atoms with van der Waals surface area (Å²) < 4.78 is 12.0. The van der Waals surface area contributed by atoms with Gasteiger partial charge in [0.05, 0.1) is 19.6 Å². The van der Waals surface area contributed by atoms with E-state index in [9.17, 15) is 0 Å². The number of hydrogen-bond acceptors (Lipinski definition) is 2. The van der Waals surface area contributed by atoms with Crippen LogP contribution in [-0.4, -0.2) is 13.1 Å². The average Bonchev–Trinajstić information content (AvgIpc) is 3.46. The topological polar surface area (TPSA) is 33.8 Å². The lowest BCUT2D eigenvalue weighted by Gasteiger charge is -2.32. The molecule has 5 heteroatoms. The van der Waals surface area contributed by atoms with Gasteiger partial charge < -0.3 is 4.42 Å². The molecule has 2 aromatic carbocycles. The smallest absolute Gasteiger partial charge is 0.249 e. The Labute approximate surface area is 311 Å². The second-order valence-electron chi connectivity index (χ2n) is 18.3. The molecule has 2 aliphatic heterocycles. The van der Waals surface area contributed by atoms with Gasteiger partial charge in [-0.3, -0.25) is 0 Å². The number of nitrogens with zero attached hydrogens (tertiary/aromatic N) is 3. The number of aromatic nitrogens is 3.